The summed E-state index contributed by atoms with van der Waals surface area (Å²) in [5.74, 6) is 0.858. The van der Waals surface area contributed by atoms with Gasteiger partial charge in [0.05, 0.1) is 18.2 Å². The largest absolute Gasteiger partial charge is 0.454 e. The van der Waals surface area contributed by atoms with Crippen LogP contribution in [0, 0.1) is 5.82 Å². The first-order valence-corrected chi connectivity index (χ1v) is 11.1. The number of nitrogens with zero attached hydrogens (tertiary/aromatic N) is 2. The number of pyridine rings is 1. The lowest BCUT2D eigenvalue weighted by Crippen LogP contribution is -2.31. The van der Waals surface area contributed by atoms with Gasteiger partial charge in [0, 0.05) is 30.1 Å². The van der Waals surface area contributed by atoms with E-state index in [2.05, 4.69) is 0 Å². The number of likely N-dealkylation sites (N-methyl/N-ethyl adjacent to an activating group) is 1. The van der Waals surface area contributed by atoms with Crippen molar-refractivity contribution in [3.8, 4) is 11.5 Å². The minimum absolute atomic E-state index is 0.132. The van der Waals surface area contributed by atoms with Gasteiger partial charge in [-0.3, -0.25) is 9.69 Å². The van der Waals surface area contributed by atoms with Crippen molar-refractivity contribution in [3.05, 3.63) is 106 Å². The lowest BCUT2D eigenvalue weighted by atomic mass is 10.1. The van der Waals surface area contributed by atoms with Crippen molar-refractivity contribution >= 4 is 10.9 Å². The number of hydrogen-bond donors (Lipinski definition) is 1. The van der Waals surface area contributed by atoms with Crippen molar-refractivity contribution < 1.29 is 19.0 Å². The van der Waals surface area contributed by atoms with Crippen LogP contribution in [-0.2, 0) is 13.1 Å². The van der Waals surface area contributed by atoms with Gasteiger partial charge in [-0.25, -0.2) is 4.39 Å². The van der Waals surface area contributed by atoms with E-state index in [1.807, 2.05) is 54.4 Å². The Labute approximate surface area is 196 Å². The monoisotopic (exact) mass is 460 g/mol. The van der Waals surface area contributed by atoms with Gasteiger partial charge in [0.1, 0.15) is 5.82 Å². The Bertz CT molecular complexity index is 1390. The van der Waals surface area contributed by atoms with E-state index >= 15 is 0 Å². The van der Waals surface area contributed by atoms with E-state index in [1.165, 1.54) is 12.1 Å². The molecule has 1 aliphatic rings. The van der Waals surface area contributed by atoms with E-state index in [9.17, 15) is 14.3 Å². The summed E-state index contributed by atoms with van der Waals surface area (Å²) in [5, 5.41) is 11.4. The maximum Gasteiger partial charge on any atom is 0.255 e. The van der Waals surface area contributed by atoms with Crippen molar-refractivity contribution in [1.82, 2.24) is 9.47 Å². The van der Waals surface area contributed by atoms with Crippen LogP contribution < -0.4 is 15.0 Å². The number of benzene rings is 3. The number of hydrogen-bond acceptors (Lipinski definition) is 5. The fourth-order valence-corrected chi connectivity index (χ4v) is 4.35. The van der Waals surface area contributed by atoms with Crippen LogP contribution in [-0.4, -0.2) is 35.0 Å². The molecule has 0 saturated heterocycles. The molecule has 0 bridgehead atoms. The van der Waals surface area contributed by atoms with E-state index in [-0.39, 0.29) is 24.7 Å². The van der Waals surface area contributed by atoms with Gasteiger partial charge < -0.3 is 19.1 Å². The number of aromatic nitrogens is 1. The molecule has 4 aromatic rings. The van der Waals surface area contributed by atoms with Gasteiger partial charge in [-0.15, -0.1) is 0 Å². The van der Waals surface area contributed by atoms with Gasteiger partial charge in [0.15, 0.2) is 11.5 Å². The van der Waals surface area contributed by atoms with Crippen LogP contribution in [0.5, 0.6) is 11.5 Å². The minimum atomic E-state index is -0.671. The molecule has 6 nitrogen and oxygen atoms in total. The summed E-state index contributed by atoms with van der Waals surface area (Å²) in [6.07, 6.45) is -0.671. The van der Waals surface area contributed by atoms with Crippen LogP contribution in [0.2, 0.25) is 0 Å². The third-order valence-corrected chi connectivity index (χ3v) is 6.00. The second kappa shape index (κ2) is 9.29. The lowest BCUT2D eigenvalue weighted by Gasteiger charge is -2.22. The number of rotatable bonds is 7. The molecule has 174 valence electrons. The lowest BCUT2D eigenvalue weighted by molar-refractivity contribution is 0.123. The van der Waals surface area contributed by atoms with E-state index in [4.69, 9.17) is 9.47 Å². The first-order valence-electron chi connectivity index (χ1n) is 11.1. The SMILES string of the molecule is CN(Cc1cc2cc3c(cc2n(Cc2cccc(F)c2)c1=O)OCO3)CC(O)c1ccccc1. The van der Waals surface area contributed by atoms with Crippen molar-refractivity contribution in [2.45, 2.75) is 19.2 Å². The Morgan fingerprint density at radius 3 is 2.56 bits per heavy atom. The summed E-state index contributed by atoms with van der Waals surface area (Å²) in [6.45, 7) is 1.06. The summed E-state index contributed by atoms with van der Waals surface area (Å²) in [5.41, 5.74) is 2.60. The third kappa shape index (κ3) is 4.53. The fraction of sp³-hybridized carbons (Fsp3) is 0.222. The molecule has 5 rings (SSSR count). The Kier molecular flexibility index (Phi) is 6.04. The van der Waals surface area contributed by atoms with Crippen molar-refractivity contribution in [3.63, 3.8) is 0 Å². The highest BCUT2D eigenvalue weighted by Gasteiger charge is 2.19. The molecule has 2 heterocycles. The molecule has 1 aromatic heterocycles. The van der Waals surface area contributed by atoms with Gasteiger partial charge in [-0.1, -0.05) is 42.5 Å². The molecule has 0 saturated carbocycles. The first-order chi connectivity index (χ1) is 16.5. The molecule has 7 heteroatoms. The van der Waals surface area contributed by atoms with Crippen LogP contribution >= 0.6 is 0 Å². The molecule has 0 radical (unpaired) electrons. The topological polar surface area (TPSA) is 63.9 Å². The number of halogens is 1. The molecule has 0 spiro atoms. The standard InChI is InChI=1S/C27H25FN2O4/c1-29(16-24(31)19-7-3-2-4-8-19)15-21-11-20-12-25-26(34-17-33-25)13-23(20)30(27(21)32)14-18-6-5-9-22(28)10-18/h2-13,24,31H,14-17H2,1H3. The average Bonchev–Trinajstić information content (AvgIpc) is 3.28. The Balaban J connectivity index is 1.50. The normalized spacial score (nSPS) is 13.5. The zero-order chi connectivity index (χ0) is 23.7. The molecule has 1 unspecified atom stereocenters. The Morgan fingerprint density at radius 1 is 1.03 bits per heavy atom. The van der Waals surface area contributed by atoms with Gasteiger partial charge >= 0.3 is 0 Å². The molecule has 1 N–H and O–H groups in total. The Hall–Kier alpha value is -3.68. The summed E-state index contributed by atoms with van der Waals surface area (Å²) in [7, 11) is 1.87. The molecule has 0 fully saturated rings. The quantitative estimate of drug-likeness (QED) is 0.450. The van der Waals surface area contributed by atoms with Crippen LogP contribution in [0.1, 0.15) is 22.8 Å². The number of aliphatic hydroxyl groups is 1. The van der Waals surface area contributed by atoms with E-state index in [1.54, 1.807) is 22.8 Å². The third-order valence-electron chi connectivity index (χ3n) is 6.00. The summed E-state index contributed by atoms with van der Waals surface area (Å²) < 4.78 is 26.5. The molecule has 3 aromatic carbocycles. The zero-order valence-electron chi connectivity index (χ0n) is 18.8. The highest BCUT2D eigenvalue weighted by atomic mass is 19.1. The summed E-state index contributed by atoms with van der Waals surface area (Å²) >= 11 is 0. The average molecular weight is 461 g/mol. The molecule has 0 amide bonds. The molecular formula is C27H25FN2O4. The maximum absolute atomic E-state index is 13.8. The van der Waals surface area contributed by atoms with E-state index in [0.29, 0.717) is 41.2 Å². The second-order valence-corrected chi connectivity index (χ2v) is 8.58. The Morgan fingerprint density at radius 2 is 1.79 bits per heavy atom. The van der Waals surface area contributed by atoms with Crippen molar-refractivity contribution in [2.24, 2.45) is 0 Å². The van der Waals surface area contributed by atoms with Gasteiger partial charge in [-0.05, 0) is 42.4 Å². The molecule has 0 aliphatic carbocycles. The van der Waals surface area contributed by atoms with Crippen molar-refractivity contribution in [2.75, 3.05) is 20.4 Å². The highest BCUT2D eigenvalue weighted by Crippen LogP contribution is 2.36. The van der Waals surface area contributed by atoms with Gasteiger partial charge in [0.2, 0.25) is 6.79 Å². The van der Waals surface area contributed by atoms with E-state index in [0.717, 1.165) is 10.9 Å². The number of fused-ring (bicyclic) bond motifs is 2. The predicted octanol–water partition coefficient (Wildman–Crippen LogP) is 4.08. The first kappa shape index (κ1) is 22.1. The summed E-state index contributed by atoms with van der Waals surface area (Å²) in [4.78, 5) is 15.5. The fourth-order valence-electron chi connectivity index (χ4n) is 4.35. The van der Waals surface area contributed by atoms with Crippen LogP contribution in [0.4, 0.5) is 4.39 Å². The number of ether oxygens (including phenoxy) is 2. The zero-order valence-corrected chi connectivity index (χ0v) is 18.8. The summed E-state index contributed by atoms with van der Waals surface area (Å²) in [6, 6.07) is 21.2. The molecule has 34 heavy (non-hydrogen) atoms. The van der Waals surface area contributed by atoms with E-state index < -0.39 is 6.10 Å². The van der Waals surface area contributed by atoms with Gasteiger partial charge in [0.25, 0.3) is 5.56 Å². The molecule has 1 aliphatic heterocycles. The number of aliphatic hydroxyl groups excluding tert-OH is 1. The molecular weight excluding hydrogens is 435 g/mol. The highest BCUT2D eigenvalue weighted by molar-refractivity contribution is 5.84. The smallest absolute Gasteiger partial charge is 0.255 e. The predicted molar refractivity (Wildman–Crippen MR) is 128 cm³/mol. The van der Waals surface area contributed by atoms with Crippen LogP contribution in [0.3, 0.4) is 0 Å². The maximum atomic E-state index is 13.8. The minimum Gasteiger partial charge on any atom is -0.454 e. The second-order valence-electron chi connectivity index (χ2n) is 8.58. The van der Waals surface area contributed by atoms with Gasteiger partial charge in [-0.2, -0.15) is 0 Å². The van der Waals surface area contributed by atoms with Crippen LogP contribution in [0.15, 0.2) is 77.6 Å². The molecule has 1 atom stereocenters. The van der Waals surface area contributed by atoms with Crippen molar-refractivity contribution in [1.29, 1.82) is 0 Å². The van der Waals surface area contributed by atoms with Crippen LogP contribution in [0.25, 0.3) is 10.9 Å².